The number of halogens is 2. The topological polar surface area (TPSA) is 92.4 Å². The van der Waals surface area contributed by atoms with Crippen LogP contribution >= 0.6 is 31.9 Å². The smallest absolute Gasteiger partial charge is 0.337 e. The van der Waals surface area contributed by atoms with E-state index in [4.69, 9.17) is 5.73 Å². The van der Waals surface area contributed by atoms with Crippen molar-refractivity contribution in [3.05, 3.63) is 56.5 Å². The zero-order chi connectivity index (χ0) is 15.6. The Morgan fingerprint density at radius 3 is 2.43 bits per heavy atom. The van der Waals surface area contributed by atoms with Crippen molar-refractivity contribution in [3.63, 3.8) is 0 Å². The molecule has 0 saturated heterocycles. The highest BCUT2D eigenvalue weighted by Crippen LogP contribution is 2.28. The third kappa shape index (κ3) is 3.43. The van der Waals surface area contributed by atoms with Gasteiger partial charge in [0.15, 0.2) is 0 Å². The van der Waals surface area contributed by atoms with E-state index in [9.17, 15) is 14.7 Å². The van der Waals surface area contributed by atoms with E-state index in [1.807, 2.05) is 0 Å². The molecule has 0 unspecified atom stereocenters. The van der Waals surface area contributed by atoms with Crippen LogP contribution < -0.4 is 11.1 Å². The predicted octanol–water partition coefficient (Wildman–Crippen LogP) is 3.74. The van der Waals surface area contributed by atoms with Gasteiger partial charge in [0, 0.05) is 14.6 Å². The number of carboxylic acids is 1. The minimum Gasteiger partial charge on any atom is -0.478 e. The zero-order valence-corrected chi connectivity index (χ0v) is 13.7. The van der Waals surface area contributed by atoms with Gasteiger partial charge in [-0.3, -0.25) is 4.79 Å². The number of benzene rings is 2. The zero-order valence-electron chi connectivity index (χ0n) is 10.6. The molecule has 0 aromatic heterocycles. The highest BCUT2D eigenvalue weighted by Gasteiger charge is 2.17. The summed E-state index contributed by atoms with van der Waals surface area (Å²) in [6, 6.07) is 9.47. The molecule has 0 fully saturated rings. The maximum atomic E-state index is 12.3. The molecule has 0 aliphatic carbocycles. The first-order chi connectivity index (χ1) is 9.90. The summed E-state index contributed by atoms with van der Waals surface area (Å²) in [4.78, 5) is 23.5. The van der Waals surface area contributed by atoms with Crippen LogP contribution in [0.5, 0.6) is 0 Å². The van der Waals surface area contributed by atoms with Crippen molar-refractivity contribution in [2.45, 2.75) is 0 Å². The fraction of sp³-hybridized carbons (Fsp3) is 0. The molecule has 0 aliphatic rings. The van der Waals surface area contributed by atoms with Crippen molar-refractivity contribution in [1.82, 2.24) is 0 Å². The lowest BCUT2D eigenvalue weighted by Crippen LogP contribution is -2.16. The van der Waals surface area contributed by atoms with E-state index in [2.05, 4.69) is 37.2 Å². The van der Waals surface area contributed by atoms with Crippen LogP contribution in [0.4, 0.5) is 11.4 Å². The number of carbonyl (C=O) groups is 2. The lowest BCUT2D eigenvalue weighted by Gasteiger charge is -2.11. The van der Waals surface area contributed by atoms with Crippen LogP contribution in [0.2, 0.25) is 0 Å². The normalized spacial score (nSPS) is 10.2. The van der Waals surface area contributed by atoms with E-state index in [0.717, 1.165) is 0 Å². The quantitative estimate of drug-likeness (QED) is 0.668. The van der Waals surface area contributed by atoms with Gasteiger partial charge in [-0.25, -0.2) is 4.79 Å². The van der Waals surface area contributed by atoms with E-state index in [0.29, 0.717) is 20.2 Å². The minimum atomic E-state index is -1.13. The maximum absolute atomic E-state index is 12.3. The Morgan fingerprint density at radius 1 is 1.05 bits per heavy atom. The lowest BCUT2D eigenvalue weighted by atomic mass is 10.1. The molecular weight excluding hydrogens is 404 g/mol. The monoisotopic (exact) mass is 412 g/mol. The molecule has 0 aliphatic heterocycles. The van der Waals surface area contributed by atoms with E-state index in [1.165, 1.54) is 12.1 Å². The van der Waals surface area contributed by atoms with Gasteiger partial charge in [0.1, 0.15) is 0 Å². The molecule has 2 rings (SSSR count). The first-order valence-electron chi connectivity index (χ1n) is 5.78. The average molecular weight is 414 g/mol. The third-order valence-corrected chi connectivity index (χ3v) is 4.07. The van der Waals surface area contributed by atoms with Crippen molar-refractivity contribution < 1.29 is 14.7 Å². The molecule has 5 nitrogen and oxygen atoms in total. The second-order valence-corrected chi connectivity index (χ2v) is 5.87. The maximum Gasteiger partial charge on any atom is 0.337 e. The van der Waals surface area contributed by atoms with Crippen LogP contribution in [0.1, 0.15) is 20.7 Å². The predicted molar refractivity (Wildman–Crippen MR) is 87.6 cm³/mol. The summed E-state index contributed by atoms with van der Waals surface area (Å²) in [7, 11) is 0. The number of hydrogen-bond donors (Lipinski definition) is 3. The highest BCUT2D eigenvalue weighted by molar-refractivity contribution is 9.11. The molecule has 2 aromatic carbocycles. The van der Waals surface area contributed by atoms with Crippen LogP contribution in [-0.2, 0) is 0 Å². The molecule has 108 valence electrons. The number of nitrogens with one attached hydrogen (secondary N) is 1. The summed E-state index contributed by atoms with van der Waals surface area (Å²) in [6.07, 6.45) is 0. The summed E-state index contributed by atoms with van der Waals surface area (Å²) in [5.74, 6) is -1.58. The number of carboxylic acid groups (broad SMARTS) is 1. The summed E-state index contributed by atoms with van der Waals surface area (Å²) in [5, 5.41) is 11.8. The Labute approximate surface area is 137 Å². The van der Waals surface area contributed by atoms with Gasteiger partial charge < -0.3 is 16.2 Å². The van der Waals surface area contributed by atoms with Crippen molar-refractivity contribution in [2.75, 3.05) is 11.1 Å². The first-order valence-corrected chi connectivity index (χ1v) is 7.37. The standard InChI is InChI=1S/C14H10Br2N2O3/c15-10-5-4-7(17)6-9(10)13(19)18-12-8(14(20)21)2-1-3-11(12)16/h1-6H,17H2,(H,18,19)(H,20,21). The first kappa shape index (κ1) is 15.5. The van der Waals surface area contributed by atoms with Crippen LogP contribution in [0.3, 0.4) is 0 Å². The molecule has 0 saturated carbocycles. The van der Waals surface area contributed by atoms with Gasteiger partial charge in [-0.15, -0.1) is 0 Å². The molecule has 0 atom stereocenters. The van der Waals surface area contributed by atoms with E-state index in [-0.39, 0.29) is 11.3 Å². The Bertz CT molecular complexity index is 732. The molecule has 4 N–H and O–H groups in total. The summed E-state index contributed by atoms with van der Waals surface area (Å²) >= 11 is 6.50. The van der Waals surface area contributed by atoms with Crippen molar-refractivity contribution in [2.24, 2.45) is 0 Å². The van der Waals surface area contributed by atoms with E-state index in [1.54, 1.807) is 24.3 Å². The SMILES string of the molecule is Nc1ccc(Br)c(C(=O)Nc2c(Br)cccc2C(=O)O)c1. The number of rotatable bonds is 3. The Hall–Kier alpha value is -1.86. The molecule has 0 bridgehead atoms. The second-order valence-electron chi connectivity index (χ2n) is 4.16. The number of anilines is 2. The Morgan fingerprint density at radius 2 is 1.76 bits per heavy atom. The van der Waals surface area contributed by atoms with Gasteiger partial charge in [0.25, 0.3) is 5.91 Å². The summed E-state index contributed by atoms with van der Waals surface area (Å²) < 4.78 is 1.05. The van der Waals surface area contributed by atoms with Crippen molar-refractivity contribution in [3.8, 4) is 0 Å². The number of nitrogen functional groups attached to an aromatic ring is 1. The molecule has 0 radical (unpaired) electrons. The van der Waals surface area contributed by atoms with Crippen molar-refractivity contribution >= 4 is 55.1 Å². The number of aromatic carboxylic acids is 1. The molecular formula is C14H10Br2N2O3. The lowest BCUT2D eigenvalue weighted by molar-refractivity contribution is 0.0698. The fourth-order valence-corrected chi connectivity index (χ4v) is 2.62. The molecule has 7 heteroatoms. The highest BCUT2D eigenvalue weighted by atomic mass is 79.9. The summed E-state index contributed by atoms with van der Waals surface area (Å²) in [6.45, 7) is 0. The van der Waals surface area contributed by atoms with Gasteiger partial charge in [0.05, 0.1) is 16.8 Å². The second kappa shape index (κ2) is 6.28. The fourth-order valence-electron chi connectivity index (χ4n) is 1.73. The Kier molecular flexibility index (Phi) is 4.64. The molecule has 1 amide bonds. The van der Waals surface area contributed by atoms with E-state index >= 15 is 0 Å². The number of amides is 1. The number of para-hydroxylation sites is 1. The molecule has 21 heavy (non-hydrogen) atoms. The minimum absolute atomic E-state index is 0.00208. The van der Waals surface area contributed by atoms with Gasteiger partial charge in [-0.05, 0) is 62.2 Å². The van der Waals surface area contributed by atoms with Crippen LogP contribution in [-0.4, -0.2) is 17.0 Å². The summed E-state index contributed by atoms with van der Waals surface area (Å²) in [5.41, 5.74) is 6.62. The van der Waals surface area contributed by atoms with Gasteiger partial charge in [0.2, 0.25) is 0 Å². The molecule has 0 spiro atoms. The van der Waals surface area contributed by atoms with Crippen molar-refractivity contribution in [1.29, 1.82) is 0 Å². The molecule has 2 aromatic rings. The van der Waals surface area contributed by atoms with Crippen LogP contribution in [0.25, 0.3) is 0 Å². The number of carbonyl (C=O) groups excluding carboxylic acids is 1. The largest absolute Gasteiger partial charge is 0.478 e. The molecule has 0 heterocycles. The van der Waals surface area contributed by atoms with Crippen LogP contribution in [0, 0.1) is 0 Å². The average Bonchev–Trinajstić information content (AvgIpc) is 2.43. The van der Waals surface area contributed by atoms with Gasteiger partial charge in [-0.1, -0.05) is 6.07 Å². The third-order valence-electron chi connectivity index (χ3n) is 2.72. The Balaban J connectivity index is 2.41. The number of nitrogens with two attached hydrogens (primary N) is 1. The van der Waals surface area contributed by atoms with Crippen LogP contribution in [0.15, 0.2) is 45.3 Å². The van der Waals surface area contributed by atoms with Gasteiger partial charge in [-0.2, -0.15) is 0 Å². The number of hydrogen-bond acceptors (Lipinski definition) is 3. The van der Waals surface area contributed by atoms with E-state index < -0.39 is 11.9 Å². The van der Waals surface area contributed by atoms with Gasteiger partial charge >= 0.3 is 5.97 Å².